The van der Waals surface area contributed by atoms with Crippen LogP contribution in [0.15, 0.2) is 30.3 Å². The maximum atomic E-state index is 13.0. The first-order valence-corrected chi connectivity index (χ1v) is 11.8. The molecule has 2 aromatic rings. The summed E-state index contributed by atoms with van der Waals surface area (Å²) < 4.78 is 37.6. The molecular weight excluding hydrogens is 409 g/mol. The number of sulfonamides is 1. The second-order valence-electron chi connectivity index (χ2n) is 7.67. The third kappa shape index (κ3) is 6.10. The van der Waals surface area contributed by atoms with E-state index in [9.17, 15) is 17.6 Å². The van der Waals surface area contributed by atoms with E-state index in [2.05, 4.69) is 10.2 Å². The number of hydrogen-bond donors (Lipinski definition) is 1. The normalized spacial score (nSPS) is 15.7. The summed E-state index contributed by atoms with van der Waals surface area (Å²) >= 11 is 0. The second-order valence-corrected chi connectivity index (χ2v) is 9.65. The Balaban J connectivity index is 1.39. The first-order valence-electron chi connectivity index (χ1n) is 9.94. The van der Waals surface area contributed by atoms with Crippen LogP contribution in [0.3, 0.4) is 0 Å². The van der Waals surface area contributed by atoms with E-state index in [1.54, 1.807) is 17.0 Å². The molecule has 1 aliphatic rings. The Bertz CT molecular complexity index is 953. The summed E-state index contributed by atoms with van der Waals surface area (Å²) in [7, 11) is -1.29. The average Bonchev–Trinajstić information content (AvgIpc) is 3.17. The molecule has 0 unspecified atom stereocenters. The minimum atomic E-state index is -3.19. The van der Waals surface area contributed by atoms with Crippen LogP contribution in [0.2, 0.25) is 0 Å². The van der Waals surface area contributed by atoms with Crippen LogP contribution in [0.1, 0.15) is 12.1 Å². The van der Waals surface area contributed by atoms with Crippen molar-refractivity contribution in [1.29, 1.82) is 0 Å². The van der Waals surface area contributed by atoms with E-state index in [1.807, 2.05) is 18.0 Å². The molecule has 1 amide bonds. The number of rotatable bonds is 8. The highest BCUT2D eigenvalue weighted by molar-refractivity contribution is 7.88. The monoisotopic (exact) mass is 437 g/mol. The molecular formula is C20H28FN5O3S. The van der Waals surface area contributed by atoms with Gasteiger partial charge in [0.15, 0.2) is 0 Å². The van der Waals surface area contributed by atoms with E-state index in [4.69, 9.17) is 0 Å². The molecule has 1 aromatic heterocycles. The Morgan fingerprint density at radius 3 is 2.50 bits per heavy atom. The van der Waals surface area contributed by atoms with Gasteiger partial charge in [-0.2, -0.15) is 9.40 Å². The standard InChI is InChI=1S/C20H28FN5O3S/c1-24(15-20(27)25-10-12-26(13-11-25)30(2,28)29)9-3-4-18-14-19(23-22-18)16-5-7-17(21)8-6-16/h5-8,14H,3-4,9-13,15H2,1-2H3,(H,22,23). The number of carbonyl (C=O) groups excluding carboxylic acids is 1. The molecule has 3 rings (SSSR count). The summed E-state index contributed by atoms with van der Waals surface area (Å²) in [6, 6.07) is 8.18. The Labute approximate surface area is 176 Å². The number of H-pyrrole nitrogens is 1. The highest BCUT2D eigenvalue weighted by Crippen LogP contribution is 2.18. The minimum Gasteiger partial charge on any atom is -0.339 e. The first kappa shape index (κ1) is 22.4. The van der Waals surface area contributed by atoms with Gasteiger partial charge in [0.25, 0.3) is 0 Å². The number of aromatic amines is 1. The maximum absolute atomic E-state index is 13.0. The third-order valence-electron chi connectivity index (χ3n) is 5.22. The number of likely N-dealkylation sites (N-methyl/N-ethyl adjacent to an activating group) is 1. The van der Waals surface area contributed by atoms with E-state index >= 15 is 0 Å². The molecule has 8 nitrogen and oxygen atoms in total. The molecule has 1 aliphatic heterocycles. The molecule has 164 valence electrons. The lowest BCUT2D eigenvalue weighted by molar-refractivity contribution is -0.133. The largest absolute Gasteiger partial charge is 0.339 e. The molecule has 1 aromatic carbocycles. The van der Waals surface area contributed by atoms with Crippen molar-refractivity contribution in [2.75, 3.05) is 52.6 Å². The number of halogens is 1. The van der Waals surface area contributed by atoms with Crippen LogP contribution in [-0.2, 0) is 21.2 Å². The molecule has 0 atom stereocenters. The summed E-state index contributed by atoms with van der Waals surface area (Å²) in [6.07, 6.45) is 2.84. The summed E-state index contributed by atoms with van der Waals surface area (Å²) in [5.74, 6) is -0.254. The lowest BCUT2D eigenvalue weighted by Crippen LogP contribution is -2.52. The summed E-state index contributed by atoms with van der Waals surface area (Å²) in [6.45, 7) is 2.62. The molecule has 2 heterocycles. The summed E-state index contributed by atoms with van der Waals surface area (Å²) in [4.78, 5) is 16.2. The predicted octanol–water partition coefficient (Wildman–Crippen LogP) is 1.18. The molecule has 0 saturated carbocycles. The van der Waals surface area contributed by atoms with Crippen LogP contribution < -0.4 is 0 Å². The van der Waals surface area contributed by atoms with Crippen molar-refractivity contribution >= 4 is 15.9 Å². The van der Waals surface area contributed by atoms with Crippen molar-refractivity contribution in [1.82, 2.24) is 24.3 Å². The van der Waals surface area contributed by atoms with E-state index in [0.29, 0.717) is 32.7 Å². The van der Waals surface area contributed by atoms with Gasteiger partial charge >= 0.3 is 0 Å². The zero-order chi connectivity index (χ0) is 21.7. The van der Waals surface area contributed by atoms with Gasteiger partial charge < -0.3 is 4.90 Å². The van der Waals surface area contributed by atoms with Crippen LogP contribution >= 0.6 is 0 Å². The molecule has 0 bridgehead atoms. The molecule has 1 fully saturated rings. The van der Waals surface area contributed by atoms with E-state index in [1.165, 1.54) is 22.7 Å². The number of amides is 1. The van der Waals surface area contributed by atoms with Gasteiger partial charge in [-0.05, 0) is 56.8 Å². The zero-order valence-corrected chi connectivity index (χ0v) is 18.2. The number of nitrogens with one attached hydrogen (secondary N) is 1. The fourth-order valence-electron chi connectivity index (χ4n) is 3.48. The Morgan fingerprint density at radius 2 is 1.87 bits per heavy atom. The number of piperazine rings is 1. The Hall–Kier alpha value is -2.30. The lowest BCUT2D eigenvalue weighted by Gasteiger charge is -2.34. The zero-order valence-electron chi connectivity index (χ0n) is 17.3. The van der Waals surface area contributed by atoms with Crippen LogP contribution in [0, 0.1) is 5.82 Å². The Kier molecular flexibility index (Phi) is 7.22. The predicted molar refractivity (Wildman–Crippen MR) is 113 cm³/mol. The number of benzene rings is 1. The van der Waals surface area contributed by atoms with E-state index in [-0.39, 0.29) is 11.7 Å². The van der Waals surface area contributed by atoms with Crippen molar-refractivity contribution in [2.24, 2.45) is 0 Å². The highest BCUT2D eigenvalue weighted by Gasteiger charge is 2.26. The fourth-order valence-corrected chi connectivity index (χ4v) is 4.30. The van der Waals surface area contributed by atoms with Gasteiger partial charge in [-0.15, -0.1) is 0 Å². The van der Waals surface area contributed by atoms with E-state index in [0.717, 1.165) is 36.3 Å². The smallest absolute Gasteiger partial charge is 0.236 e. The molecule has 1 saturated heterocycles. The van der Waals surface area contributed by atoms with Crippen LogP contribution in [0.5, 0.6) is 0 Å². The fraction of sp³-hybridized carbons (Fsp3) is 0.500. The lowest BCUT2D eigenvalue weighted by atomic mass is 10.1. The van der Waals surface area contributed by atoms with Crippen molar-refractivity contribution in [2.45, 2.75) is 12.8 Å². The molecule has 0 aliphatic carbocycles. The van der Waals surface area contributed by atoms with Gasteiger partial charge in [0, 0.05) is 37.4 Å². The van der Waals surface area contributed by atoms with Gasteiger partial charge in [-0.1, -0.05) is 0 Å². The van der Waals surface area contributed by atoms with Crippen LogP contribution in [-0.4, -0.2) is 91.2 Å². The van der Waals surface area contributed by atoms with Gasteiger partial charge in [-0.3, -0.25) is 14.8 Å². The Morgan fingerprint density at radius 1 is 1.20 bits per heavy atom. The first-order chi connectivity index (χ1) is 14.2. The van der Waals surface area contributed by atoms with Crippen molar-refractivity contribution in [3.05, 3.63) is 41.8 Å². The maximum Gasteiger partial charge on any atom is 0.236 e. The molecule has 0 spiro atoms. The van der Waals surface area contributed by atoms with Crippen molar-refractivity contribution in [3.63, 3.8) is 0 Å². The van der Waals surface area contributed by atoms with Crippen molar-refractivity contribution in [3.8, 4) is 11.3 Å². The molecule has 10 heteroatoms. The average molecular weight is 438 g/mol. The number of hydrogen-bond acceptors (Lipinski definition) is 5. The molecule has 0 radical (unpaired) electrons. The number of carbonyl (C=O) groups is 1. The third-order valence-corrected chi connectivity index (χ3v) is 6.53. The number of nitrogens with zero attached hydrogens (tertiary/aromatic N) is 4. The topological polar surface area (TPSA) is 89.6 Å². The highest BCUT2D eigenvalue weighted by atomic mass is 32.2. The number of aryl methyl sites for hydroxylation is 1. The van der Waals surface area contributed by atoms with Gasteiger partial charge in [0.1, 0.15) is 5.82 Å². The van der Waals surface area contributed by atoms with Gasteiger partial charge in [-0.25, -0.2) is 12.8 Å². The van der Waals surface area contributed by atoms with Crippen LogP contribution in [0.4, 0.5) is 4.39 Å². The number of aromatic nitrogens is 2. The summed E-state index contributed by atoms with van der Waals surface area (Å²) in [5, 5.41) is 7.29. The molecule has 30 heavy (non-hydrogen) atoms. The van der Waals surface area contributed by atoms with Gasteiger partial charge in [0.2, 0.25) is 15.9 Å². The summed E-state index contributed by atoms with van der Waals surface area (Å²) in [5.41, 5.74) is 2.63. The van der Waals surface area contributed by atoms with Crippen LogP contribution in [0.25, 0.3) is 11.3 Å². The SMILES string of the molecule is CN(CCCc1cc(-c2ccc(F)cc2)n[nH]1)CC(=O)N1CCN(S(C)(=O)=O)CC1. The minimum absolute atomic E-state index is 0.0192. The quantitative estimate of drug-likeness (QED) is 0.670. The van der Waals surface area contributed by atoms with Gasteiger partial charge in [0.05, 0.1) is 18.5 Å². The van der Waals surface area contributed by atoms with Crippen molar-refractivity contribution < 1.29 is 17.6 Å². The molecule has 1 N–H and O–H groups in total. The van der Waals surface area contributed by atoms with E-state index < -0.39 is 10.0 Å². The second kappa shape index (κ2) is 9.67.